The first-order chi connectivity index (χ1) is 17.6. The lowest BCUT2D eigenvalue weighted by molar-refractivity contribution is -0.118. The fourth-order valence-corrected chi connectivity index (χ4v) is 4.54. The average Bonchev–Trinajstić information content (AvgIpc) is 3.56. The van der Waals surface area contributed by atoms with Gasteiger partial charge in [0.2, 0.25) is 0 Å². The van der Waals surface area contributed by atoms with Crippen molar-refractivity contribution in [2.45, 2.75) is 32.2 Å². The number of ether oxygens (including phenoxy) is 1. The number of halogens is 1. The lowest BCUT2D eigenvalue weighted by Gasteiger charge is -2.32. The minimum absolute atomic E-state index is 0.147. The molecule has 3 N–H and O–H groups in total. The molecule has 36 heavy (non-hydrogen) atoms. The number of hydrogen-bond acceptors (Lipinski definition) is 8. The third kappa shape index (κ3) is 5.60. The second kappa shape index (κ2) is 11.0. The SMILES string of the molecule is CCCN1CCC(Nc2c(Cl)cnc3nc(-c4ccc(OCC(=O)Nc5ccon5)cc4)[nH]c23)CC1. The molecule has 10 nitrogen and oxygen atoms in total. The Morgan fingerprint density at radius 2 is 2.06 bits per heavy atom. The number of anilines is 2. The highest BCUT2D eigenvalue weighted by Crippen LogP contribution is 2.32. The summed E-state index contributed by atoms with van der Waals surface area (Å²) in [5.74, 6) is 1.25. The van der Waals surface area contributed by atoms with E-state index in [0.29, 0.717) is 34.1 Å². The van der Waals surface area contributed by atoms with Gasteiger partial charge in [0.05, 0.1) is 16.9 Å². The number of fused-ring (bicyclic) bond motifs is 1. The van der Waals surface area contributed by atoms with Gasteiger partial charge in [-0.25, -0.2) is 9.97 Å². The summed E-state index contributed by atoms with van der Waals surface area (Å²) in [5, 5.41) is 10.4. The minimum Gasteiger partial charge on any atom is -0.484 e. The van der Waals surface area contributed by atoms with Crippen LogP contribution in [0.1, 0.15) is 26.2 Å². The van der Waals surface area contributed by atoms with Crippen molar-refractivity contribution in [3.63, 3.8) is 0 Å². The van der Waals surface area contributed by atoms with E-state index in [0.717, 1.165) is 49.2 Å². The summed E-state index contributed by atoms with van der Waals surface area (Å²) in [7, 11) is 0. The Morgan fingerprint density at radius 1 is 1.25 bits per heavy atom. The van der Waals surface area contributed by atoms with Gasteiger partial charge < -0.3 is 29.8 Å². The molecule has 1 saturated heterocycles. The Kier molecular flexibility index (Phi) is 7.33. The first-order valence-electron chi connectivity index (χ1n) is 12.1. The number of pyridine rings is 1. The van der Waals surface area contributed by atoms with E-state index in [1.165, 1.54) is 12.7 Å². The molecule has 3 aromatic heterocycles. The number of imidazole rings is 1. The van der Waals surface area contributed by atoms with Crippen molar-refractivity contribution in [3.05, 3.63) is 47.8 Å². The monoisotopic (exact) mass is 509 g/mol. The molecule has 0 aliphatic carbocycles. The van der Waals surface area contributed by atoms with Gasteiger partial charge in [0.1, 0.15) is 23.4 Å². The highest BCUT2D eigenvalue weighted by atomic mass is 35.5. The second-order valence-electron chi connectivity index (χ2n) is 8.77. The van der Waals surface area contributed by atoms with E-state index < -0.39 is 0 Å². The van der Waals surface area contributed by atoms with E-state index >= 15 is 0 Å². The van der Waals surface area contributed by atoms with Gasteiger partial charge in [-0.15, -0.1) is 0 Å². The minimum atomic E-state index is -0.329. The van der Waals surface area contributed by atoms with Crippen LogP contribution in [0, 0.1) is 0 Å². The van der Waals surface area contributed by atoms with E-state index in [2.05, 4.69) is 47.1 Å². The number of carbonyl (C=O) groups excluding carboxylic acids is 1. The average molecular weight is 510 g/mol. The van der Waals surface area contributed by atoms with Crippen molar-refractivity contribution in [1.82, 2.24) is 25.0 Å². The van der Waals surface area contributed by atoms with Crippen molar-refractivity contribution in [1.29, 1.82) is 0 Å². The number of rotatable bonds is 9. The maximum absolute atomic E-state index is 12.0. The number of nitrogens with zero attached hydrogens (tertiary/aromatic N) is 4. The Balaban J connectivity index is 1.25. The zero-order chi connectivity index (χ0) is 24.9. The van der Waals surface area contributed by atoms with Gasteiger partial charge >= 0.3 is 0 Å². The van der Waals surface area contributed by atoms with Crippen LogP contribution >= 0.6 is 11.6 Å². The number of hydrogen-bond donors (Lipinski definition) is 3. The molecule has 4 aromatic rings. The van der Waals surface area contributed by atoms with E-state index in [9.17, 15) is 4.79 Å². The largest absolute Gasteiger partial charge is 0.484 e. The summed E-state index contributed by atoms with van der Waals surface area (Å²) in [4.78, 5) is 26.9. The lowest BCUT2D eigenvalue weighted by atomic mass is 10.0. The van der Waals surface area contributed by atoms with Gasteiger partial charge in [0, 0.05) is 30.8 Å². The normalized spacial score (nSPS) is 14.7. The van der Waals surface area contributed by atoms with Crippen LogP contribution in [-0.2, 0) is 4.79 Å². The molecule has 1 amide bonds. The van der Waals surface area contributed by atoms with Crippen LogP contribution in [0.4, 0.5) is 11.5 Å². The van der Waals surface area contributed by atoms with E-state index in [1.54, 1.807) is 24.4 Å². The molecule has 11 heteroatoms. The van der Waals surface area contributed by atoms with Crippen LogP contribution in [-0.4, -0.2) is 63.2 Å². The number of amides is 1. The van der Waals surface area contributed by atoms with Crippen LogP contribution in [0.3, 0.4) is 0 Å². The molecule has 0 atom stereocenters. The molecule has 1 aromatic carbocycles. The highest BCUT2D eigenvalue weighted by Gasteiger charge is 2.21. The molecule has 4 heterocycles. The van der Waals surface area contributed by atoms with Crippen LogP contribution in [0.2, 0.25) is 5.02 Å². The molecule has 188 valence electrons. The molecule has 0 bridgehead atoms. The summed E-state index contributed by atoms with van der Waals surface area (Å²) in [6, 6.07) is 9.23. The van der Waals surface area contributed by atoms with Gasteiger partial charge in [-0.2, -0.15) is 0 Å². The Bertz CT molecular complexity index is 1300. The third-order valence-electron chi connectivity index (χ3n) is 6.15. The number of aromatic amines is 1. The van der Waals surface area contributed by atoms with Crippen molar-refractivity contribution in [2.24, 2.45) is 0 Å². The van der Waals surface area contributed by atoms with Crippen molar-refractivity contribution >= 4 is 40.2 Å². The number of carbonyl (C=O) groups is 1. The fraction of sp³-hybridized carbons (Fsp3) is 0.360. The van der Waals surface area contributed by atoms with Crippen LogP contribution in [0.25, 0.3) is 22.6 Å². The predicted molar refractivity (Wildman–Crippen MR) is 138 cm³/mol. The van der Waals surface area contributed by atoms with E-state index in [4.69, 9.17) is 16.3 Å². The summed E-state index contributed by atoms with van der Waals surface area (Å²) in [6.45, 7) is 5.39. The molecule has 0 spiro atoms. The van der Waals surface area contributed by atoms with Gasteiger partial charge in [0.15, 0.2) is 18.1 Å². The summed E-state index contributed by atoms with van der Waals surface area (Å²) in [6.07, 6.45) is 6.34. The smallest absolute Gasteiger partial charge is 0.263 e. The number of aromatic nitrogens is 4. The Hall–Kier alpha value is -3.63. The van der Waals surface area contributed by atoms with Crippen LogP contribution < -0.4 is 15.4 Å². The van der Waals surface area contributed by atoms with Crippen molar-refractivity contribution in [2.75, 3.05) is 36.9 Å². The molecule has 0 unspecified atom stereocenters. The topological polar surface area (TPSA) is 121 Å². The maximum atomic E-state index is 12.0. The number of piperidine rings is 1. The molecule has 1 fully saturated rings. The maximum Gasteiger partial charge on any atom is 0.263 e. The molecular formula is C25H28ClN7O3. The summed E-state index contributed by atoms with van der Waals surface area (Å²) >= 11 is 6.54. The van der Waals surface area contributed by atoms with Gasteiger partial charge in [-0.3, -0.25) is 4.79 Å². The van der Waals surface area contributed by atoms with E-state index in [-0.39, 0.29) is 12.5 Å². The van der Waals surface area contributed by atoms with E-state index in [1.807, 2.05) is 12.1 Å². The number of nitrogens with one attached hydrogen (secondary N) is 3. The highest BCUT2D eigenvalue weighted by molar-refractivity contribution is 6.34. The third-order valence-corrected chi connectivity index (χ3v) is 6.44. The summed E-state index contributed by atoms with van der Waals surface area (Å²) in [5.41, 5.74) is 3.10. The van der Waals surface area contributed by atoms with Crippen LogP contribution in [0.15, 0.2) is 47.3 Å². The zero-order valence-corrected chi connectivity index (χ0v) is 20.7. The second-order valence-corrected chi connectivity index (χ2v) is 9.18. The Morgan fingerprint density at radius 3 is 2.78 bits per heavy atom. The zero-order valence-electron chi connectivity index (χ0n) is 20.0. The van der Waals surface area contributed by atoms with Gasteiger partial charge in [-0.1, -0.05) is 23.7 Å². The van der Waals surface area contributed by atoms with Crippen LogP contribution in [0.5, 0.6) is 5.75 Å². The van der Waals surface area contributed by atoms with Crippen molar-refractivity contribution in [3.8, 4) is 17.1 Å². The number of benzene rings is 1. The number of H-pyrrole nitrogens is 1. The molecule has 1 aliphatic heterocycles. The predicted octanol–water partition coefficient (Wildman–Crippen LogP) is 4.57. The summed E-state index contributed by atoms with van der Waals surface area (Å²) < 4.78 is 10.3. The number of likely N-dealkylation sites (tertiary alicyclic amines) is 1. The van der Waals surface area contributed by atoms with Gasteiger partial charge in [0.25, 0.3) is 5.91 Å². The first-order valence-corrected chi connectivity index (χ1v) is 12.4. The molecule has 0 saturated carbocycles. The standard InChI is InChI=1S/C25H28ClN7O3/c1-2-10-33-11-7-17(8-12-33)28-22-19(26)14-27-25-23(22)30-24(31-25)16-3-5-18(6-4-16)35-15-21(34)29-20-9-13-36-32-20/h3-6,9,13-14,17H,2,7-8,10-12,15H2,1H3,(H,29,32,34)(H2,27,28,30,31). The molecule has 1 aliphatic rings. The molecule has 0 radical (unpaired) electrons. The molecular weight excluding hydrogens is 482 g/mol. The lowest BCUT2D eigenvalue weighted by Crippen LogP contribution is -2.39. The fourth-order valence-electron chi connectivity index (χ4n) is 4.35. The van der Waals surface area contributed by atoms with Gasteiger partial charge in [-0.05, 0) is 50.1 Å². The molecule has 5 rings (SSSR count). The quantitative estimate of drug-likeness (QED) is 0.300. The first kappa shape index (κ1) is 24.1. The Labute approximate surface area is 213 Å². The van der Waals surface area contributed by atoms with Crippen molar-refractivity contribution < 1.29 is 14.1 Å².